The molecule has 0 aliphatic carbocycles. The molecule has 0 aliphatic rings. The third-order valence-corrected chi connectivity index (χ3v) is 3.55. The van der Waals surface area contributed by atoms with Crippen LogP contribution in [0.15, 0.2) is 36.4 Å². The van der Waals surface area contributed by atoms with Crippen LogP contribution in [0.1, 0.15) is 31.1 Å². The Bertz CT molecular complexity index is 761. The number of carboxylic acids is 3. The zero-order chi connectivity index (χ0) is 17.1. The van der Waals surface area contributed by atoms with Gasteiger partial charge in [0.1, 0.15) is 16.9 Å². The fourth-order valence-electron chi connectivity index (χ4n) is 1.80. The first-order valence-electron chi connectivity index (χ1n) is 6.11. The third-order valence-electron chi connectivity index (χ3n) is 2.83. The molecule has 0 radical (unpaired) electrons. The summed E-state index contributed by atoms with van der Waals surface area (Å²) < 4.78 is 6.31. The first-order chi connectivity index (χ1) is 10.8. The Kier molecular flexibility index (Phi) is 4.84. The fraction of sp³-hybridized carbons (Fsp3) is 0. The van der Waals surface area contributed by atoms with Crippen LogP contribution in [-0.2, 0) is 0 Å². The van der Waals surface area contributed by atoms with E-state index in [1.165, 1.54) is 0 Å². The number of halogens is 1. The molecule has 0 saturated carbocycles. The second-order valence-corrected chi connectivity index (χ2v) is 5.62. The van der Waals surface area contributed by atoms with E-state index >= 15 is 0 Å². The number of hydrogen-bond acceptors (Lipinski definition) is 4. The molecule has 0 aliphatic heterocycles. The van der Waals surface area contributed by atoms with E-state index in [-0.39, 0.29) is 5.75 Å². The monoisotopic (exact) mass is 428 g/mol. The first-order valence-corrected chi connectivity index (χ1v) is 7.19. The van der Waals surface area contributed by atoms with Gasteiger partial charge in [-0.3, -0.25) is 0 Å². The highest BCUT2D eigenvalue weighted by Gasteiger charge is 2.24. The van der Waals surface area contributed by atoms with E-state index in [1.54, 1.807) is 24.3 Å². The van der Waals surface area contributed by atoms with Gasteiger partial charge in [-0.25, -0.2) is 14.4 Å². The Labute approximate surface area is 143 Å². The number of carboxylic acid groups (broad SMARTS) is 3. The molecule has 3 N–H and O–H groups in total. The maximum Gasteiger partial charge on any atom is 0.339 e. The number of rotatable bonds is 5. The first kappa shape index (κ1) is 16.7. The lowest BCUT2D eigenvalue weighted by Gasteiger charge is -2.13. The molecule has 0 aromatic heterocycles. The van der Waals surface area contributed by atoms with E-state index in [2.05, 4.69) is 22.6 Å². The zero-order valence-electron chi connectivity index (χ0n) is 11.3. The minimum absolute atomic E-state index is 0.235. The van der Waals surface area contributed by atoms with Crippen molar-refractivity contribution in [2.45, 2.75) is 0 Å². The van der Waals surface area contributed by atoms with Crippen LogP contribution < -0.4 is 4.74 Å². The molecular formula is C15H9IO7. The zero-order valence-corrected chi connectivity index (χ0v) is 13.5. The molecule has 8 heteroatoms. The van der Waals surface area contributed by atoms with E-state index in [0.717, 1.165) is 15.7 Å². The largest absolute Gasteiger partial charge is 0.478 e. The van der Waals surface area contributed by atoms with Crippen molar-refractivity contribution in [2.75, 3.05) is 0 Å². The van der Waals surface area contributed by atoms with Gasteiger partial charge in [0.2, 0.25) is 0 Å². The molecule has 0 heterocycles. The smallest absolute Gasteiger partial charge is 0.339 e. The Morgan fingerprint density at radius 1 is 0.826 bits per heavy atom. The molecule has 0 fully saturated rings. The molecule has 0 unspecified atom stereocenters. The summed E-state index contributed by atoms with van der Waals surface area (Å²) >= 11 is 2.06. The number of aromatic carboxylic acids is 3. The van der Waals surface area contributed by atoms with Crippen LogP contribution in [0.3, 0.4) is 0 Å². The highest BCUT2D eigenvalue weighted by molar-refractivity contribution is 14.1. The summed E-state index contributed by atoms with van der Waals surface area (Å²) in [6.07, 6.45) is 0. The second kappa shape index (κ2) is 6.65. The summed E-state index contributed by atoms with van der Waals surface area (Å²) in [6.45, 7) is 0. The molecular weight excluding hydrogens is 419 g/mol. The Morgan fingerprint density at radius 3 is 1.70 bits per heavy atom. The molecule has 0 spiro atoms. The van der Waals surface area contributed by atoms with Crippen molar-refractivity contribution in [3.63, 3.8) is 0 Å². The molecule has 0 saturated heterocycles. The number of benzene rings is 2. The topological polar surface area (TPSA) is 121 Å². The molecule has 7 nitrogen and oxygen atoms in total. The van der Waals surface area contributed by atoms with Crippen molar-refractivity contribution in [2.24, 2.45) is 0 Å². The summed E-state index contributed by atoms with van der Waals surface area (Å²) in [7, 11) is 0. The quantitative estimate of drug-likeness (QED) is 0.626. The van der Waals surface area contributed by atoms with Gasteiger partial charge in [0, 0.05) is 3.57 Å². The van der Waals surface area contributed by atoms with Gasteiger partial charge < -0.3 is 20.1 Å². The van der Waals surface area contributed by atoms with Crippen LogP contribution in [0.5, 0.6) is 11.5 Å². The lowest BCUT2D eigenvalue weighted by Crippen LogP contribution is -2.10. The van der Waals surface area contributed by atoms with Crippen LogP contribution in [0.2, 0.25) is 0 Å². The summed E-state index contributed by atoms with van der Waals surface area (Å²) in [5.41, 5.74) is -1.53. The van der Waals surface area contributed by atoms with Gasteiger partial charge in [0.15, 0.2) is 5.75 Å². The van der Waals surface area contributed by atoms with E-state index in [0.29, 0.717) is 0 Å². The minimum Gasteiger partial charge on any atom is -0.478 e. The van der Waals surface area contributed by atoms with Crippen molar-refractivity contribution in [1.29, 1.82) is 0 Å². The van der Waals surface area contributed by atoms with Gasteiger partial charge in [0.25, 0.3) is 0 Å². The SMILES string of the molecule is O=C(O)c1cc(C(=O)O)c(Oc2ccc(I)cc2)c(C(=O)O)c1. The van der Waals surface area contributed by atoms with E-state index in [1.807, 2.05) is 0 Å². The number of hydrogen-bond donors (Lipinski definition) is 3. The molecule has 118 valence electrons. The lowest BCUT2D eigenvalue weighted by molar-refractivity contribution is 0.0692. The average molecular weight is 428 g/mol. The summed E-state index contributed by atoms with van der Waals surface area (Å²) in [6, 6.07) is 8.21. The molecule has 0 atom stereocenters. The molecule has 0 amide bonds. The van der Waals surface area contributed by atoms with Gasteiger partial charge in [0.05, 0.1) is 5.56 Å². The van der Waals surface area contributed by atoms with E-state index < -0.39 is 40.3 Å². The molecule has 0 bridgehead atoms. The average Bonchev–Trinajstić information content (AvgIpc) is 2.48. The normalized spacial score (nSPS) is 10.1. The van der Waals surface area contributed by atoms with Crippen LogP contribution in [0.4, 0.5) is 0 Å². The third kappa shape index (κ3) is 3.77. The standard InChI is InChI=1S/C15H9IO7/c16-8-1-3-9(4-2-8)23-12-10(14(19)20)5-7(13(17)18)6-11(12)15(21)22/h1-6H,(H,17,18)(H,19,20)(H,21,22). The van der Waals surface area contributed by atoms with Crippen molar-refractivity contribution in [3.8, 4) is 11.5 Å². The van der Waals surface area contributed by atoms with Crippen molar-refractivity contribution < 1.29 is 34.4 Å². The van der Waals surface area contributed by atoms with Crippen molar-refractivity contribution in [3.05, 3.63) is 56.7 Å². The predicted octanol–water partition coefficient (Wildman–Crippen LogP) is 3.18. The maximum atomic E-state index is 11.3. The van der Waals surface area contributed by atoms with Gasteiger partial charge in [-0.05, 0) is 59.0 Å². The summed E-state index contributed by atoms with van der Waals surface area (Å²) in [4.78, 5) is 33.7. The lowest BCUT2D eigenvalue weighted by atomic mass is 10.0. The van der Waals surface area contributed by atoms with Crippen molar-refractivity contribution in [1.82, 2.24) is 0 Å². The minimum atomic E-state index is -1.49. The summed E-state index contributed by atoms with van der Waals surface area (Å²) in [5, 5.41) is 27.4. The molecule has 2 aromatic rings. The van der Waals surface area contributed by atoms with Crippen molar-refractivity contribution >= 4 is 40.5 Å². The fourth-order valence-corrected chi connectivity index (χ4v) is 2.16. The van der Waals surface area contributed by atoms with Gasteiger partial charge in [-0.1, -0.05) is 0 Å². The van der Waals surface area contributed by atoms with E-state index in [9.17, 15) is 24.6 Å². The van der Waals surface area contributed by atoms with Gasteiger partial charge in [-0.15, -0.1) is 0 Å². The van der Waals surface area contributed by atoms with Crippen LogP contribution in [0.25, 0.3) is 0 Å². The Hall–Kier alpha value is -2.62. The highest BCUT2D eigenvalue weighted by atomic mass is 127. The van der Waals surface area contributed by atoms with Gasteiger partial charge >= 0.3 is 17.9 Å². The second-order valence-electron chi connectivity index (χ2n) is 4.37. The predicted molar refractivity (Wildman–Crippen MR) is 86.6 cm³/mol. The number of carbonyl (C=O) groups is 3. The van der Waals surface area contributed by atoms with E-state index in [4.69, 9.17) is 9.84 Å². The Morgan fingerprint density at radius 2 is 1.30 bits per heavy atom. The van der Waals surface area contributed by atoms with Crippen LogP contribution >= 0.6 is 22.6 Å². The summed E-state index contributed by atoms with van der Waals surface area (Å²) in [5.74, 6) is -4.60. The van der Waals surface area contributed by atoms with Crippen LogP contribution in [-0.4, -0.2) is 33.2 Å². The highest BCUT2D eigenvalue weighted by Crippen LogP contribution is 2.31. The Balaban J connectivity index is 2.63. The van der Waals surface area contributed by atoms with Gasteiger partial charge in [-0.2, -0.15) is 0 Å². The number of ether oxygens (including phenoxy) is 1. The maximum absolute atomic E-state index is 11.3. The molecule has 2 aromatic carbocycles. The molecule has 2 rings (SSSR count). The van der Waals surface area contributed by atoms with Crippen LogP contribution in [0, 0.1) is 3.57 Å². The molecule has 23 heavy (non-hydrogen) atoms.